The van der Waals surface area contributed by atoms with Gasteiger partial charge in [0.05, 0.1) is 31.6 Å². The first-order valence-corrected chi connectivity index (χ1v) is 11.2. The van der Waals surface area contributed by atoms with Crippen molar-refractivity contribution in [3.63, 3.8) is 0 Å². The lowest BCUT2D eigenvalue weighted by atomic mass is 9.78. The van der Waals surface area contributed by atoms with Gasteiger partial charge in [0.2, 0.25) is 0 Å². The topological polar surface area (TPSA) is 76.0 Å². The molecular formula is C25H31NO6. The Labute approximate surface area is 188 Å². The third-order valence-corrected chi connectivity index (χ3v) is 6.21. The van der Waals surface area contributed by atoms with Crippen LogP contribution in [0.25, 0.3) is 11.3 Å². The summed E-state index contributed by atoms with van der Waals surface area (Å²) in [5.41, 5.74) is 2.24. The second kappa shape index (κ2) is 9.08. The van der Waals surface area contributed by atoms with Crippen molar-refractivity contribution in [2.45, 2.75) is 45.8 Å². The number of nitrogens with zero attached hydrogens (tertiary/aromatic N) is 1. The van der Waals surface area contributed by atoms with Gasteiger partial charge in [0, 0.05) is 37.0 Å². The molecule has 2 atom stereocenters. The first-order chi connectivity index (χ1) is 15.4. The highest BCUT2D eigenvalue weighted by atomic mass is 16.5. The second-order valence-corrected chi connectivity index (χ2v) is 9.03. The number of rotatable bonds is 8. The van der Waals surface area contributed by atoms with Crippen molar-refractivity contribution in [2.75, 3.05) is 33.5 Å². The molecule has 0 aliphatic carbocycles. The molecule has 0 radical (unpaired) electrons. The van der Waals surface area contributed by atoms with Crippen LogP contribution >= 0.6 is 0 Å². The van der Waals surface area contributed by atoms with Crippen molar-refractivity contribution in [1.82, 2.24) is 4.57 Å². The lowest BCUT2D eigenvalue weighted by Gasteiger charge is -2.37. The van der Waals surface area contributed by atoms with Crippen molar-refractivity contribution in [2.24, 2.45) is 5.41 Å². The first-order valence-electron chi connectivity index (χ1n) is 11.2. The van der Waals surface area contributed by atoms with Crippen LogP contribution in [0, 0.1) is 5.41 Å². The molecule has 0 bridgehead atoms. The van der Waals surface area contributed by atoms with E-state index in [-0.39, 0.29) is 35.2 Å². The van der Waals surface area contributed by atoms with Crippen LogP contribution in [-0.2, 0) is 14.2 Å². The smallest absolute Gasteiger partial charge is 0.343 e. The van der Waals surface area contributed by atoms with Gasteiger partial charge in [-0.25, -0.2) is 4.79 Å². The van der Waals surface area contributed by atoms with Gasteiger partial charge in [-0.05, 0) is 43.5 Å². The Morgan fingerprint density at radius 3 is 2.75 bits per heavy atom. The fourth-order valence-corrected chi connectivity index (χ4v) is 4.67. The number of hydrogen-bond donors (Lipinski definition) is 0. The first kappa shape index (κ1) is 22.6. The Balaban J connectivity index is 1.74. The van der Waals surface area contributed by atoms with Crippen LogP contribution in [0.3, 0.4) is 0 Å². The summed E-state index contributed by atoms with van der Waals surface area (Å²) in [6, 6.07) is 7.40. The molecule has 1 aromatic carbocycles. The number of hydrogen-bond acceptors (Lipinski definition) is 6. The number of esters is 1. The molecular weight excluding hydrogens is 410 g/mol. The monoisotopic (exact) mass is 441 g/mol. The summed E-state index contributed by atoms with van der Waals surface area (Å²) >= 11 is 0. The van der Waals surface area contributed by atoms with Crippen molar-refractivity contribution in [1.29, 1.82) is 0 Å². The van der Waals surface area contributed by atoms with E-state index in [2.05, 4.69) is 13.8 Å². The van der Waals surface area contributed by atoms with E-state index >= 15 is 0 Å². The molecule has 3 heterocycles. The lowest BCUT2D eigenvalue weighted by Crippen LogP contribution is -2.33. The van der Waals surface area contributed by atoms with Gasteiger partial charge in [-0.15, -0.1) is 0 Å². The number of aromatic nitrogens is 1. The predicted octanol–water partition coefficient (Wildman–Crippen LogP) is 4.15. The maximum Gasteiger partial charge on any atom is 0.343 e. The minimum atomic E-state index is -0.593. The minimum absolute atomic E-state index is 0.0523. The van der Waals surface area contributed by atoms with Crippen LogP contribution in [0.4, 0.5) is 0 Å². The number of unbranched alkanes of at least 4 members (excludes halogenated alkanes) is 1. The number of fused-ring (bicyclic) bond motifs is 6. The zero-order chi connectivity index (χ0) is 22.9. The molecule has 4 rings (SSSR count). The Morgan fingerprint density at radius 2 is 2.00 bits per heavy atom. The number of pyridine rings is 1. The number of carbonyl (C=O) groups excluding carboxylic acids is 1. The highest BCUT2D eigenvalue weighted by molar-refractivity contribution is 5.89. The number of carbonyl (C=O) groups is 1. The zero-order valence-electron chi connectivity index (χ0n) is 19.2. The van der Waals surface area contributed by atoms with Gasteiger partial charge in [0.15, 0.2) is 5.43 Å². The fraction of sp³-hybridized carbons (Fsp3) is 0.520. The summed E-state index contributed by atoms with van der Waals surface area (Å²) in [6.07, 6.45) is 3.31. The van der Waals surface area contributed by atoms with E-state index in [4.69, 9.17) is 18.9 Å². The minimum Gasteiger partial charge on any atom is -0.494 e. The third kappa shape index (κ3) is 4.07. The van der Waals surface area contributed by atoms with Crippen molar-refractivity contribution < 1.29 is 23.7 Å². The molecule has 2 aromatic rings. The zero-order valence-corrected chi connectivity index (χ0v) is 19.2. The van der Waals surface area contributed by atoms with Crippen molar-refractivity contribution in [3.8, 4) is 17.0 Å². The molecule has 32 heavy (non-hydrogen) atoms. The molecule has 7 nitrogen and oxygen atoms in total. The SMILES string of the molecule is CCOC(=O)c1cn2c(cc1=O)-c1ccc(OCCCCOC)cc1C1OCC(C)(C)C12. The van der Waals surface area contributed by atoms with Crippen LogP contribution in [0.15, 0.2) is 35.3 Å². The molecule has 1 fully saturated rings. The molecule has 2 unspecified atom stereocenters. The quantitative estimate of drug-likeness (QED) is 0.453. The van der Waals surface area contributed by atoms with E-state index in [1.54, 1.807) is 26.3 Å². The van der Waals surface area contributed by atoms with Crippen molar-refractivity contribution in [3.05, 3.63) is 51.8 Å². The Bertz CT molecular complexity index is 1060. The highest BCUT2D eigenvalue weighted by Gasteiger charge is 2.49. The fourth-order valence-electron chi connectivity index (χ4n) is 4.67. The summed E-state index contributed by atoms with van der Waals surface area (Å²) in [5.74, 6) is 0.191. The Hall–Kier alpha value is -2.64. The van der Waals surface area contributed by atoms with Gasteiger partial charge in [0.25, 0.3) is 0 Å². The standard InChI is InChI=1S/C25H31NO6/c1-5-30-24(28)19-14-26-20(13-21(19)27)17-9-8-16(31-11-7-6-10-29-4)12-18(17)22-23(26)25(2,3)15-32-22/h8-9,12-14,22-23H,5-7,10-11,15H2,1-4H3. The molecule has 2 aliphatic rings. The maximum atomic E-state index is 12.8. The second-order valence-electron chi connectivity index (χ2n) is 9.03. The molecule has 1 saturated heterocycles. The van der Waals surface area contributed by atoms with E-state index in [0.717, 1.165) is 42.0 Å². The number of methoxy groups -OCH3 is 1. The Kier molecular flexibility index (Phi) is 6.40. The van der Waals surface area contributed by atoms with Gasteiger partial charge in [-0.3, -0.25) is 4.79 Å². The molecule has 7 heteroatoms. The van der Waals surface area contributed by atoms with Crippen LogP contribution in [0.1, 0.15) is 61.7 Å². The predicted molar refractivity (Wildman–Crippen MR) is 120 cm³/mol. The van der Waals surface area contributed by atoms with E-state index in [9.17, 15) is 9.59 Å². The highest BCUT2D eigenvalue weighted by Crippen LogP contribution is 2.55. The molecule has 0 saturated carbocycles. The van der Waals surface area contributed by atoms with Crippen LogP contribution < -0.4 is 10.2 Å². The summed E-state index contributed by atoms with van der Waals surface area (Å²) in [5, 5.41) is 0. The van der Waals surface area contributed by atoms with E-state index in [1.165, 1.54) is 0 Å². The van der Waals surface area contributed by atoms with Gasteiger partial charge < -0.3 is 23.5 Å². The average molecular weight is 442 g/mol. The lowest BCUT2D eigenvalue weighted by molar-refractivity contribution is 0.0522. The molecule has 172 valence electrons. The van der Waals surface area contributed by atoms with Crippen LogP contribution in [-0.4, -0.2) is 44.1 Å². The number of ether oxygens (including phenoxy) is 4. The van der Waals surface area contributed by atoms with E-state index in [0.29, 0.717) is 13.2 Å². The summed E-state index contributed by atoms with van der Waals surface area (Å²) in [7, 11) is 1.70. The molecule has 0 amide bonds. The normalized spacial score (nSPS) is 20.2. The molecule has 2 aliphatic heterocycles. The third-order valence-electron chi connectivity index (χ3n) is 6.21. The van der Waals surface area contributed by atoms with Crippen LogP contribution in [0.2, 0.25) is 0 Å². The van der Waals surface area contributed by atoms with Gasteiger partial charge in [0.1, 0.15) is 17.4 Å². The molecule has 1 aromatic heterocycles. The van der Waals surface area contributed by atoms with Crippen molar-refractivity contribution >= 4 is 5.97 Å². The van der Waals surface area contributed by atoms with Crippen LogP contribution in [0.5, 0.6) is 5.75 Å². The number of benzene rings is 1. The summed E-state index contributed by atoms with van der Waals surface area (Å²) in [6.45, 7) is 8.14. The largest absolute Gasteiger partial charge is 0.494 e. The Morgan fingerprint density at radius 1 is 1.22 bits per heavy atom. The maximum absolute atomic E-state index is 12.8. The van der Waals surface area contributed by atoms with E-state index in [1.807, 2.05) is 22.8 Å². The molecule has 0 spiro atoms. The molecule has 0 N–H and O–H groups in total. The summed E-state index contributed by atoms with van der Waals surface area (Å²) < 4.78 is 24.4. The van der Waals surface area contributed by atoms with E-state index < -0.39 is 5.97 Å². The van der Waals surface area contributed by atoms with Gasteiger partial charge in [-0.1, -0.05) is 13.8 Å². The van der Waals surface area contributed by atoms with Gasteiger partial charge >= 0.3 is 5.97 Å². The van der Waals surface area contributed by atoms with Gasteiger partial charge in [-0.2, -0.15) is 0 Å². The average Bonchev–Trinajstić information content (AvgIpc) is 3.09. The summed E-state index contributed by atoms with van der Waals surface area (Å²) in [4.78, 5) is 25.2.